The van der Waals surface area contributed by atoms with Crippen LogP contribution in [0.25, 0.3) is 10.9 Å². The van der Waals surface area contributed by atoms with Crippen LogP contribution in [0.3, 0.4) is 0 Å². The third-order valence-electron chi connectivity index (χ3n) is 7.25. The molecule has 174 valence electrons. The first-order valence-corrected chi connectivity index (χ1v) is 12.5. The van der Waals surface area contributed by atoms with Gasteiger partial charge in [-0.3, -0.25) is 9.69 Å². The van der Waals surface area contributed by atoms with Crippen molar-refractivity contribution in [1.29, 1.82) is 0 Å². The van der Waals surface area contributed by atoms with Crippen LogP contribution >= 0.6 is 0 Å². The summed E-state index contributed by atoms with van der Waals surface area (Å²) < 4.78 is 0. The average molecular weight is 447 g/mol. The lowest BCUT2D eigenvalue weighted by molar-refractivity contribution is 0.185. The summed E-state index contributed by atoms with van der Waals surface area (Å²) in [6.45, 7) is 5.68. The quantitative estimate of drug-likeness (QED) is 0.529. The van der Waals surface area contributed by atoms with E-state index in [0.29, 0.717) is 22.6 Å². The van der Waals surface area contributed by atoms with E-state index >= 15 is 0 Å². The van der Waals surface area contributed by atoms with Crippen LogP contribution in [0.1, 0.15) is 75.6 Å². The molecule has 0 bridgehead atoms. The Labute approximate surface area is 195 Å². The molecule has 0 amide bonds. The van der Waals surface area contributed by atoms with Gasteiger partial charge in [0, 0.05) is 18.2 Å². The molecular weight excluding hydrogens is 412 g/mol. The Bertz CT molecular complexity index is 1130. The number of fused-ring (bicyclic) bond motifs is 1. The Kier molecular flexibility index (Phi) is 6.67. The number of rotatable bonds is 5. The summed E-state index contributed by atoms with van der Waals surface area (Å²) in [6, 6.07) is 8.50. The number of aromatic nitrogens is 4. The first-order chi connectivity index (χ1) is 16.2. The number of hydrogen-bond donors (Lipinski definition) is 2. The number of anilines is 2. The average Bonchev–Trinajstić information content (AvgIpc) is 3.11. The number of likely N-dealkylation sites (tertiary alicyclic amines) is 1. The molecule has 2 aliphatic rings. The molecule has 3 aromatic rings. The molecule has 1 saturated heterocycles. The first kappa shape index (κ1) is 22.0. The van der Waals surface area contributed by atoms with Gasteiger partial charge in [-0.15, -0.1) is 0 Å². The van der Waals surface area contributed by atoms with E-state index in [0.717, 1.165) is 36.8 Å². The molecule has 0 radical (unpaired) electrons. The van der Waals surface area contributed by atoms with Crippen molar-refractivity contribution in [2.24, 2.45) is 5.92 Å². The van der Waals surface area contributed by atoms with Gasteiger partial charge in [-0.2, -0.15) is 5.10 Å². The second-order valence-electron chi connectivity index (χ2n) is 9.86. The molecule has 3 heterocycles. The van der Waals surface area contributed by atoms with Crippen LogP contribution in [0.4, 0.5) is 11.5 Å². The largest absolute Gasteiger partial charge is 0.339 e. The zero-order chi connectivity index (χ0) is 22.6. The van der Waals surface area contributed by atoms with E-state index in [9.17, 15) is 4.79 Å². The number of piperidine rings is 1. The van der Waals surface area contributed by atoms with Crippen LogP contribution in [0.2, 0.25) is 0 Å². The maximum atomic E-state index is 12.6. The van der Waals surface area contributed by atoms with E-state index in [1.165, 1.54) is 57.2 Å². The van der Waals surface area contributed by atoms with E-state index in [1.807, 2.05) is 0 Å². The fraction of sp³-hybridized carbons (Fsp3) is 0.538. The molecule has 1 aliphatic carbocycles. The molecule has 0 spiro atoms. The molecule has 1 aromatic carbocycles. The van der Waals surface area contributed by atoms with Crippen LogP contribution in [0.5, 0.6) is 0 Å². The molecule has 1 saturated carbocycles. The number of hydrogen-bond acceptors (Lipinski definition) is 6. The Morgan fingerprint density at radius 1 is 1.00 bits per heavy atom. The molecule has 2 aromatic heterocycles. The second kappa shape index (κ2) is 10.00. The topological polar surface area (TPSA) is 86.8 Å². The van der Waals surface area contributed by atoms with Crippen molar-refractivity contribution in [1.82, 2.24) is 25.1 Å². The maximum absolute atomic E-state index is 12.6. The molecule has 5 rings (SSSR count). The van der Waals surface area contributed by atoms with Crippen molar-refractivity contribution >= 4 is 22.4 Å². The van der Waals surface area contributed by atoms with Gasteiger partial charge in [-0.05, 0) is 62.4 Å². The molecule has 0 unspecified atom stereocenters. The fourth-order valence-corrected chi connectivity index (χ4v) is 5.14. The third kappa shape index (κ3) is 5.24. The van der Waals surface area contributed by atoms with E-state index in [2.05, 4.69) is 51.6 Å². The Balaban J connectivity index is 1.38. The summed E-state index contributed by atoms with van der Waals surface area (Å²) in [5, 5.41) is 10.4. The molecule has 0 atom stereocenters. The van der Waals surface area contributed by atoms with Gasteiger partial charge in [0.05, 0.1) is 6.20 Å². The molecule has 2 N–H and O–H groups in total. The van der Waals surface area contributed by atoms with Crippen molar-refractivity contribution in [3.05, 3.63) is 52.2 Å². The van der Waals surface area contributed by atoms with E-state index in [1.54, 1.807) is 6.20 Å². The van der Waals surface area contributed by atoms with Crippen LogP contribution in [0, 0.1) is 5.92 Å². The number of H-pyrrole nitrogens is 1. The number of aromatic amines is 1. The summed E-state index contributed by atoms with van der Waals surface area (Å²) in [4.78, 5) is 24.7. The molecular formula is C26H34N6O. The molecule has 2 fully saturated rings. The van der Waals surface area contributed by atoms with E-state index in [4.69, 9.17) is 9.97 Å². The highest BCUT2D eigenvalue weighted by atomic mass is 16.1. The maximum Gasteiger partial charge on any atom is 0.277 e. The van der Waals surface area contributed by atoms with Crippen molar-refractivity contribution in [2.75, 3.05) is 18.4 Å². The summed E-state index contributed by atoms with van der Waals surface area (Å²) in [6.07, 6.45) is 11.4. The standard InChI is InChI=1S/C26H34N6O/c1-18-12-14-32(15-13-18)17-19-8-10-21(11-9-19)28-25-23-22(16-27-31-26(23)33)29-24(30-25)20-6-4-2-3-5-7-20/h8-11,16,18,20H,2-7,12-15,17H2,1H3,(H,31,33)(H,28,29,30). The van der Waals surface area contributed by atoms with Gasteiger partial charge in [-0.25, -0.2) is 15.1 Å². The zero-order valence-electron chi connectivity index (χ0n) is 19.5. The van der Waals surface area contributed by atoms with Crippen molar-refractivity contribution in [3.63, 3.8) is 0 Å². The fourth-order valence-electron chi connectivity index (χ4n) is 5.14. The third-order valence-corrected chi connectivity index (χ3v) is 7.25. The lowest BCUT2D eigenvalue weighted by Gasteiger charge is -2.30. The second-order valence-corrected chi connectivity index (χ2v) is 9.86. The highest BCUT2D eigenvalue weighted by Gasteiger charge is 2.21. The monoisotopic (exact) mass is 446 g/mol. The minimum absolute atomic E-state index is 0.265. The molecule has 7 nitrogen and oxygen atoms in total. The lowest BCUT2D eigenvalue weighted by Crippen LogP contribution is -2.32. The Hall–Kier alpha value is -2.80. The summed E-state index contributed by atoms with van der Waals surface area (Å²) in [5.74, 6) is 2.58. The van der Waals surface area contributed by atoms with Crippen molar-refractivity contribution in [2.45, 2.75) is 70.8 Å². The van der Waals surface area contributed by atoms with Crippen LogP contribution in [-0.2, 0) is 6.54 Å². The Morgan fingerprint density at radius 3 is 2.45 bits per heavy atom. The molecule has 7 heteroatoms. The SMILES string of the molecule is CC1CCN(Cc2ccc(Nc3nc(C4CCCCCC4)nc4cn[nH]c(=O)c34)cc2)CC1. The van der Waals surface area contributed by atoms with Crippen LogP contribution < -0.4 is 10.9 Å². The predicted octanol–water partition coefficient (Wildman–Crippen LogP) is 5.13. The highest BCUT2D eigenvalue weighted by molar-refractivity contribution is 5.89. The van der Waals surface area contributed by atoms with Gasteiger partial charge in [0.25, 0.3) is 5.56 Å². The smallest absolute Gasteiger partial charge is 0.277 e. The lowest BCUT2D eigenvalue weighted by atomic mass is 9.99. The minimum Gasteiger partial charge on any atom is -0.339 e. The van der Waals surface area contributed by atoms with E-state index < -0.39 is 0 Å². The van der Waals surface area contributed by atoms with E-state index in [-0.39, 0.29) is 5.56 Å². The van der Waals surface area contributed by atoms with Gasteiger partial charge in [0.2, 0.25) is 0 Å². The number of benzene rings is 1. The van der Waals surface area contributed by atoms with Gasteiger partial charge in [0.1, 0.15) is 22.5 Å². The van der Waals surface area contributed by atoms with Gasteiger partial charge < -0.3 is 5.32 Å². The van der Waals surface area contributed by atoms with Crippen LogP contribution in [-0.4, -0.2) is 38.2 Å². The Morgan fingerprint density at radius 2 is 1.73 bits per heavy atom. The summed E-state index contributed by atoms with van der Waals surface area (Å²) >= 11 is 0. The van der Waals surface area contributed by atoms with Gasteiger partial charge in [0.15, 0.2) is 0 Å². The molecule has 33 heavy (non-hydrogen) atoms. The van der Waals surface area contributed by atoms with Gasteiger partial charge >= 0.3 is 0 Å². The summed E-state index contributed by atoms with van der Waals surface area (Å²) in [7, 11) is 0. The van der Waals surface area contributed by atoms with Gasteiger partial charge in [-0.1, -0.05) is 44.7 Å². The molecule has 1 aliphatic heterocycles. The van der Waals surface area contributed by atoms with Crippen molar-refractivity contribution < 1.29 is 0 Å². The predicted molar refractivity (Wildman–Crippen MR) is 132 cm³/mol. The first-order valence-electron chi connectivity index (χ1n) is 12.5. The number of nitrogens with one attached hydrogen (secondary N) is 2. The van der Waals surface area contributed by atoms with Crippen LogP contribution in [0.15, 0.2) is 35.3 Å². The zero-order valence-corrected chi connectivity index (χ0v) is 19.5. The van der Waals surface area contributed by atoms with Crippen molar-refractivity contribution in [3.8, 4) is 0 Å². The number of nitrogens with zero attached hydrogens (tertiary/aromatic N) is 4. The normalized spacial score (nSPS) is 18.9. The minimum atomic E-state index is -0.265. The summed E-state index contributed by atoms with van der Waals surface area (Å²) in [5.41, 5.74) is 2.57. The highest BCUT2D eigenvalue weighted by Crippen LogP contribution is 2.32.